The summed E-state index contributed by atoms with van der Waals surface area (Å²) in [6.45, 7) is 5.95. The quantitative estimate of drug-likeness (QED) is 0.451. The van der Waals surface area contributed by atoms with Crippen LogP contribution in [0.25, 0.3) is 16.6 Å². The van der Waals surface area contributed by atoms with E-state index in [4.69, 9.17) is 4.74 Å². The Kier molecular flexibility index (Phi) is 6.80. The molecule has 2 heterocycles. The van der Waals surface area contributed by atoms with Gasteiger partial charge in [0.15, 0.2) is 5.43 Å². The first-order valence-corrected chi connectivity index (χ1v) is 9.96. The second kappa shape index (κ2) is 9.69. The predicted octanol–water partition coefficient (Wildman–Crippen LogP) is 4.84. The monoisotopic (exact) mass is 403 g/mol. The summed E-state index contributed by atoms with van der Waals surface area (Å²) in [6, 6.07) is 11.1. The molecule has 0 saturated carbocycles. The summed E-state index contributed by atoms with van der Waals surface area (Å²) >= 11 is 0. The molecule has 154 valence electrons. The highest BCUT2D eigenvalue weighted by Crippen LogP contribution is 2.26. The predicted molar refractivity (Wildman–Crippen MR) is 120 cm³/mol. The molecule has 0 unspecified atom stereocenters. The fraction of sp³-hybridized carbons (Fsp3) is 0.208. The molecule has 3 aromatic rings. The van der Waals surface area contributed by atoms with Crippen LogP contribution < -0.4 is 10.7 Å². The summed E-state index contributed by atoms with van der Waals surface area (Å²) in [7, 11) is 0. The number of aromatic nitrogens is 2. The molecule has 0 aliphatic heterocycles. The van der Waals surface area contributed by atoms with E-state index in [1.807, 2.05) is 67.0 Å². The van der Waals surface area contributed by atoms with Gasteiger partial charge >= 0.3 is 5.97 Å². The minimum Gasteiger partial charge on any atom is -0.462 e. The Bertz CT molecular complexity index is 1160. The summed E-state index contributed by atoms with van der Waals surface area (Å²) in [5, 5.41) is 3.69. The second-order valence-corrected chi connectivity index (χ2v) is 6.56. The number of carbonyl (C=O) groups is 1. The van der Waals surface area contributed by atoms with Crippen molar-refractivity contribution in [3.63, 3.8) is 0 Å². The van der Waals surface area contributed by atoms with Crippen LogP contribution in [0, 0.1) is 0 Å². The lowest BCUT2D eigenvalue weighted by atomic mass is 10.1. The van der Waals surface area contributed by atoms with E-state index >= 15 is 0 Å². The molecule has 0 fully saturated rings. The van der Waals surface area contributed by atoms with Crippen molar-refractivity contribution in [1.82, 2.24) is 9.55 Å². The van der Waals surface area contributed by atoms with E-state index in [0.717, 1.165) is 17.8 Å². The number of ether oxygens (including phenoxy) is 1. The Morgan fingerprint density at radius 3 is 2.63 bits per heavy atom. The number of rotatable bonds is 7. The molecule has 0 atom stereocenters. The Morgan fingerprint density at radius 2 is 1.97 bits per heavy atom. The highest BCUT2D eigenvalue weighted by molar-refractivity contribution is 6.03. The average Bonchev–Trinajstić information content (AvgIpc) is 2.75. The van der Waals surface area contributed by atoms with Crippen molar-refractivity contribution in [3.05, 3.63) is 88.5 Å². The molecule has 0 spiro atoms. The van der Waals surface area contributed by atoms with Gasteiger partial charge in [-0.1, -0.05) is 37.3 Å². The molecule has 0 radical (unpaired) electrons. The van der Waals surface area contributed by atoms with E-state index in [1.165, 1.54) is 18.5 Å². The number of hydrogen-bond acceptors (Lipinski definition) is 5. The molecule has 2 aromatic heterocycles. The first-order chi connectivity index (χ1) is 14.6. The van der Waals surface area contributed by atoms with Gasteiger partial charge in [0.25, 0.3) is 0 Å². The number of hydrogen-bond donors (Lipinski definition) is 1. The van der Waals surface area contributed by atoms with E-state index in [1.54, 1.807) is 6.92 Å². The first-order valence-electron chi connectivity index (χ1n) is 9.96. The van der Waals surface area contributed by atoms with E-state index in [2.05, 4.69) is 10.3 Å². The smallest absolute Gasteiger partial charge is 0.341 e. The molecule has 1 N–H and O–H groups in total. The van der Waals surface area contributed by atoms with Crippen LogP contribution in [-0.4, -0.2) is 22.1 Å². The third-order valence-corrected chi connectivity index (χ3v) is 4.47. The van der Waals surface area contributed by atoms with Crippen molar-refractivity contribution in [2.45, 2.75) is 27.2 Å². The maximum atomic E-state index is 12.9. The molecule has 0 saturated heterocycles. The molecule has 0 amide bonds. The van der Waals surface area contributed by atoms with E-state index in [9.17, 15) is 9.59 Å². The Hall–Kier alpha value is -3.67. The molecule has 1 aromatic carbocycles. The molecule has 0 aliphatic rings. The van der Waals surface area contributed by atoms with Gasteiger partial charge < -0.3 is 10.1 Å². The molecule has 3 rings (SSSR count). The lowest BCUT2D eigenvalue weighted by Gasteiger charge is -2.20. The number of allylic oxidation sites excluding steroid dienone is 3. The van der Waals surface area contributed by atoms with Crippen LogP contribution in [0.5, 0.6) is 0 Å². The third kappa shape index (κ3) is 4.33. The van der Waals surface area contributed by atoms with Crippen molar-refractivity contribution in [3.8, 4) is 5.69 Å². The fourth-order valence-corrected chi connectivity index (χ4v) is 3.27. The van der Waals surface area contributed by atoms with Gasteiger partial charge in [-0.05, 0) is 38.5 Å². The number of pyridine rings is 2. The van der Waals surface area contributed by atoms with Gasteiger partial charge in [-0.25, -0.2) is 4.79 Å². The van der Waals surface area contributed by atoms with Crippen LogP contribution in [0.1, 0.15) is 37.6 Å². The lowest BCUT2D eigenvalue weighted by molar-refractivity contribution is 0.0528. The first kappa shape index (κ1) is 21.0. The number of carbonyl (C=O) groups excluding carboxylic acids is 1. The summed E-state index contributed by atoms with van der Waals surface area (Å²) < 4.78 is 7.09. The molecule has 6 nitrogen and oxygen atoms in total. The number of nitrogens with one attached hydrogen (secondary N) is 1. The van der Waals surface area contributed by atoms with Crippen LogP contribution in [0.4, 0.5) is 5.82 Å². The van der Waals surface area contributed by atoms with Crippen LogP contribution in [0.2, 0.25) is 0 Å². The van der Waals surface area contributed by atoms with Gasteiger partial charge in [-0.2, -0.15) is 0 Å². The van der Waals surface area contributed by atoms with Crippen LogP contribution in [0.15, 0.2) is 77.5 Å². The zero-order valence-corrected chi connectivity index (χ0v) is 17.4. The highest BCUT2D eigenvalue weighted by atomic mass is 16.5. The molecule has 0 aliphatic carbocycles. The maximum absolute atomic E-state index is 12.9. The lowest BCUT2D eigenvalue weighted by Crippen LogP contribution is -2.17. The Morgan fingerprint density at radius 1 is 1.20 bits per heavy atom. The number of nitrogens with zero attached hydrogens (tertiary/aromatic N) is 2. The van der Waals surface area contributed by atoms with E-state index < -0.39 is 5.97 Å². The van der Waals surface area contributed by atoms with Crippen molar-refractivity contribution in [2.75, 3.05) is 11.9 Å². The van der Waals surface area contributed by atoms with Crippen LogP contribution in [0.3, 0.4) is 0 Å². The number of fused-ring (bicyclic) bond motifs is 1. The van der Waals surface area contributed by atoms with E-state index in [-0.39, 0.29) is 17.6 Å². The van der Waals surface area contributed by atoms with Gasteiger partial charge in [0.05, 0.1) is 17.5 Å². The molecular weight excluding hydrogens is 378 g/mol. The zero-order chi connectivity index (χ0) is 21.5. The zero-order valence-electron chi connectivity index (χ0n) is 17.4. The fourth-order valence-electron chi connectivity index (χ4n) is 3.27. The number of anilines is 1. The van der Waals surface area contributed by atoms with Crippen molar-refractivity contribution in [1.29, 1.82) is 0 Å². The highest BCUT2D eigenvalue weighted by Gasteiger charge is 2.19. The standard InChI is InChI=1S/C24H25N3O3/c1-4-10-17(11-5-2)26-22-14-21(28)19-15-25-16-20(24(29)30-6-3)23(19)27(22)18-12-8-7-9-13-18/h4,7-16,26H,5-6H2,1-3H3/b10-4-,17-11+. The largest absolute Gasteiger partial charge is 0.462 e. The third-order valence-electron chi connectivity index (χ3n) is 4.47. The summed E-state index contributed by atoms with van der Waals surface area (Å²) in [5.74, 6) is 0.0304. The van der Waals surface area contributed by atoms with E-state index in [0.29, 0.717) is 16.7 Å². The van der Waals surface area contributed by atoms with Crippen molar-refractivity contribution in [2.24, 2.45) is 0 Å². The maximum Gasteiger partial charge on any atom is 0.341 e. The Labute approximate surface area is 175 Å². The number of esters is 1. The molecule has 0 bridgehead atoms. The molecule has 6 heteroatoms. The minimum atomic E-state index is -0.519. The van der Waals surface area contributed by atoms with Crippen molar-refractivity contribution >= 4 is 22.7 Å². The number of para-hydroxylation sites is 1. The van der Waals surface area contributed by atoms with Gasteiger partial charge in [0.1, 0.15) is 11.4 Å². The molecular formula is C24H25N3O3. The van der Waals surface area contributed by atoms with Gasteiger partial charge in [0, 0.05) is 29.8 Å². The van der Waals surface area contributed by atoms with Crippen molar-refractivity contribution < 1.29 is 9.53 Å². The summed E-state index contributed by atoms with van der Waals surface area (Å²) in [6.07, 6.45) is 9.65. The van der Waals surface area contributed by atoms with Gasteiger partial charge in [-0.3, -0.25) is 14.3 Å². The van der Waals surface area contributed by atoms with Crippen LogP contribution >= 0.6 is 0 Å². The minimum absolute atomic E-state index is 0.227. The van der Waals surface area contributed by atoms with Gasteiger partial charge in [0.2, 0.25) is 0 Å². The SMILES string of the molecule is C/C=C\C(=C/CC)Nc1cc(=O)c2cncc(C(=O)OCC)c2n1-c1ccccc1. The molecule has 30 heavy (non-hydrogen) atoms. The summed E-state index contributed by atoms with van der Waals surface area (Å²) in [5.41, 5.74) is 2.13. The Balaban J connectivity index is 2.39. The average molecular weight is 403 g/mol. The number of benzene rings is 1. The van der Waals surface area contributed by atoms with Crippen LogP contribution in [-0.2, 0) is 4.74 Å². The van der Waals surface area contributed by atoms with Gasteiger partial charge in [-0.15, -0.1) is 0 Å². The second-order valence-electron chi connectivity index (χ2n) is 6.56. The topological polar surface area (TPSA) is 73.2 Å². The normalized spacial score (nSPS) is 11.8. The summed E-state index contributed by atoms with van der Waals surface area (Å²) in [4.78, 5) is 29.7.